The van der Waals surface area contributed by atoms with Crippen LogP contribution < -0.4 is 0 Å². The molecule has 1 aromatic carbocycles. The van der Waals surface area contributed by atoms with Crippen molar-refractivity contribution in [2.45, 2.75) is 30.4 Å². The number of β-lactam (4-membered cyclic amide) rings is 1. The summed E-state index contributed by atoms with van der Waals surface area (Å²) in [6, 6.07) is 5.17. The third-order valence-electron chi connectivity index (χ3n) is 4.19. The number of aryl methyl sites for hydroxylation is 1. The minimum absolute atomic E-state index is 0.127. The summed E-state index contributed by atoms with van der Waals surface area (Å²) in [7, 11) is -2.95. The second-order valence-electron chi connectivity index (χ2n) is 5.88. The number of hydrogen-bond donors (Lipinski definition) is 1. The van der Waals surface area contributed by atoms with E-state index in [0.717, 1.165) is 10.5 Å². The quantitative estimate of drug-likeness (QED) is 0.445. The van der Waals surface area contributed by atoms with Gasteiger partial charge in [0.2, 0.25) is 0 Å². The molecule has 0 saturated carbocycles. The lowest BCUT2D eigenvalue weighted by Gasteiger charge is -2.48. The number of methoxy groups -OCH3 is 1. The van der Waals surface area contributed by atoms with Gasteiger partial charge in [-0.2, -0.15) is 8.42 Å². The molecule has 2 aliphatic heterocycles. The number of thiocarbonyl (C=S) groups is 1. The molecule has 0 bridgehead atoms. The number of ether oxygens (including phenoxy) is 1. The highest BCUT2D eigenvalue weighted by Crippen LogP contribution is 2.38. The van der Waals surface area contributed by atoms with E-state index in [0.29, 0.717) is 0 Å². The van der Waals surface area contributed by atoms with Crippen molar-refractivity contribution < 1.29 is 32.0 Å². The van der Waals surface area contributed by atoms with Crippen LogP contribution in [-0.4, -0.2) is 54.4 Å². The lowest BCUT2D eigenvalue weighted by molar-refractivity contribution is -0.164. The monoisotopic (exact) mass is 397 g/mol. The molecule has 0 aliphatic carbocycles. The van der Waals surface area contributed by atoms with Crippen molar-refractivity contribution in [1.82, 2.24) is 4.90 Å². The highest BCUT2D eigenvalue weighted by atomic mass is 32.2. The topological polar surface area (TPSA) is 110 Å². The zero-order chi connectivity index (χ0) is 19.2. The summed E-state index contributed by atoms with van der Waals surface area (Å²) in [4.78, 5) is 24.9. The van der Waals surface area contributed by atoms with E-state index in [-0.39, 0.29) is 21.9 Å². The van der Waals surface area contributed by atoms with E-state index in [4.69, 9.17) is 21.1 Å². The Morgan fingerprint density at radius 3 is 2.46 bits per heavy atom. The fourth-order valence-electron chi connectivity index (χ4n) is 2.91. The van der Waals surface area contributed by atoms with Gasteiger partial charge in [-0.05, 0) is 19.1 Å². The molecule has 2 heterocycles. The average molecular weight is 397 g/mol. The van der Waals surface area contributed by atoms with Gasteiger partial charge in [0, 0.05) is 18.4 Å². The van der Waals surface area contributed by atoms with E-state index in [9.17, 15) is 23.1 Å². The summed E-state index contributed by atoms with van der Waals surface area (Å²) in [5.41, 5.74) is 0.324. The van der Waals surface area contributed by atoms with Gasteiger partial charge in [0.15, 0.2) is 17.6 Å². The van der Waals surface area contributed by atoms with Crippen molar-refractivity contribution in [1.29, 1.82) is 0 Å². The Labute approximate surface area is 155 Å². The van der Waals surface area contributed by atoms with Crippen LogP contribution in [-0.2, 0) is 28.6 Å². The first-order valence-corrected chi connectivity index (χ1v) is 9.35. The highest BCUT2D eigenvalue weighted by molar-refractivity contribution is 7.86. The predicted molar refractivity (Wildman–Crippen MR) is 92.8 cm³/mol. The first-order valence-electron chi connectivity index (χ1n) is 7.53. The number of rotatable bonds is 5. The summed E-state index contributed by atoms with van der Waals surface area (Å²) in [6.45, 7) is 1.80. The number of benzene rings is 1. The molecule has 0 aromatic heterocycles. The molecule has 1 aromatic rings. The maximum absolute atomic E-state index is 12.5. The van der Waals surface area contributed by atoms with Gasteiger partial charge in [-0.1, -0.05) is 29.9 Å². The SMILES string of the molecule is CO[C@@H]1C(=O)N2C(C(=O)O)=C(OS(=O)(=O)c3ccc(C)cc3)CC(=S)C12. The van der Waals surface area contributed by atoms with Crippen LogP contribution in [0.2, 0.25) is 0 Å². The second-order valence-corrected chi connectivity index (χ2v) is 7.95. The summed E-state index contributed by atoms with van der Waals surface area (Å²) in [5, 5.41) is 9.49. The number of fused-ring (bicyclic) bond motifs is 1. The smallest absolute Gasteiger partial charge is 0.356 e. The molecule has 1 saturated heterocycles. The minimum Gasteiger partial charge on any atom is -0.476 e. The van der Waals surface area contributed by atoms with Gasteiger partial charge >= 0.3 is 16.1 Å². The van der Waals surface area contributed by atoms with E-state index >= 15 is 0 Å². The van der Waals surface area contributed by atoms with E-state index in [2.05, 4.69) is 0 Å². The minimum atomic E-state index is -4.27. The van der Waals surface area contributed by atoms with Crippen molar-refractivity contribution in [3.8, 4) is 0 Å². The Kier molecular flexibility index (Phi) is 4.59. The number of carboxylic acids is 1. The van der Waals surface area contributed by atoms with Gasteiger partial charge in [-0.15, -0.1) is 0 Å². The van der Waals surface area contributed by atoms with Crippen LogP contribution in [0.25, 0.3) is 0 Å². The number of allylic oxidation sites excluding steroid dienone is 1. The second kappa shape index (κ2) is 6.45. The van der Waals surface area contributed by atoms with Gasteiger partial charge in [-0.3, -0.25) is 9.69 Å². The van der Waals surface area contributed by atoms with Crippen LogP contribution in [0.1, 0.15) is 12.0 Å². The molecule has 1 unspecified atom stereocenters. The van der Waals surface area contributed by atoms with Crippen LogP contribution >= 0.6 is 12.2 Å². The Balaban J connectivity index is 2.01. The van der Waals surface area contributed by atoms with Crippen LogP contribution in [0.3, 0.4) is 0 Å². The van der Waals surface area contributed by atoms with Gasteiger partial charge in [0.1, 0.15) is 10.9 Å². The van der Waals surface area contributed by atoms with Crippen molar-refractivity contribution in [2.24, 2.45) is 0 Å². The summed E-state index contributed by atoms with van der Waals surface area (Å²) < 4.78 is 35.0. The van der Waals surface area contributed by atoms with E-state index in [1.54, 1.807) is 19.1 Å². The van der Waals surface area contributed by atoms with Crippen molar-refractivity contribution in [2.75, 3.05) is 7.11 Å². The molecule has 2 aliphatic rings. The number of nitrogens with zero attached hydrogens (tertiary/aromatic N) is 1. The molecule has 138 valence electrons. The largest absolute Gasteiger partial charge is 0.476 e. The van der Waals surface area contributed by atoms with Crippen LogP contribution in [0.4, 0.5) is 0 Å². The average Bonchev–Trinajstić information content (AvgIpc) is 2.55. The maximum Gasteiger partial charge on any atom is 0.356 e. The van der Waals surface area contributed by atoms with Crippen molar-refractivity contribution in [3.05, 3.63) is 41.3 Å². The first-order chi connectivity index (χ1) is 12.2. The molecule has 1 N–H and O–H groups in total. The molecule has 2 atom stereocenters. The van der Waals surface area contributed by atoms with Gasteiger partial charge < -0.3 is 14.0 Å². The van der Waals surface area contributed by atoms with Gasteiger partial charge in [0.05, 0.1) is 0 Å². The molecular weight excluding hydrogens is 382 g/mol. The molecule has 10 heteroatoms. The number of aliphatic carboxylic acids is 1. The van der Waals surface area contributed by atoms with E-state index in [1.165, 1.54) is 19.2 Å². The lowest BCUT2D eigenvalue weighted by Crippen LogP contribution is -2.69. The maximum atomic E-state index is 12.5. The van der Waals surface area contributed by atoms with E-state index in [1.807, 2.05) is 0 Å². The number of carbonyl (C=O) groups excluding carboxylic acids is 1. The Bertz CT molecular complexity index is 934. The number of amides is 1. The zero-order valence-electron chi connectivity index (χ0n) is 13.8. The zero-order valence-corrected chi connectivity index (χ0v) is 15.5. The van der Waals surface area contributed by atoms with Gasteiger partial charge in [0.25, 0.3) is 5.91 Å². The molecule has 0 spiro atoms. The third-order valence-corrected chi connectivity index (χ3v) is 5.85. The number of carbonyl (C=O) groups is 2. The highest BCUT2D eigenvalue weighted by Gasteiger charge is 2.56. The number of hydrogen-bond acceptors (Lipinski definition) is 7. The molecule has 0 radical (unpaired) electrons. The molecule has 3 rings (SSSR count). The normalized spacial score (nSPS) is 22.8. The van der Waals surface area contributed by atoms with Crippen molar-refractivity contribution in [3.63, 3.8) is 0 Å². The van der Waals surface area contributed by atoms with Crippen LogP contribution in [0.5, 0.6) is 0 Å². The fourth-order valence-corrected chi connectivity index (χ4v) is 4.24. The Morgan fingerprint density at radius 1 is 1.31 bits per heavy atom. The lowest BCUT2D eigenvalue weighted by atomic mass is 9.87. The standard InChI is InChI=1S/C16H15NO7S2/c1-8-3-5-9(6-4-8)26(21,22)24-10-7-11(25)13-14(23-2)15(18)17(13)12(10)16(19)20/h3-6,13-14H,7H2,1-2H3,(H,19,20)/t13?,14-/m0/s1. The van der Waals surface area contributed by atoms with Crippen molar-refractivity contribution >= 4 is 39.1 Å². The first kappa shape index (κ1) is 18.5. The molecule has 1 fully saturated rings. The van der Waals surface area contributed by atoms with Crippen LogP contribution in [0.15, 0.2) is 40.6 Å². The van der Waals surface area contributed by atoms with Gasteiger partial charge in [-0.25, -0.2) is 4.79 Å². The number of carboxylic acid groups (broad SMARTS) is 1. The summed E-state index contributed by atoms with van der Waals surface area (Å²) in [6.07, 6.45) is -1.07. The molecular formula is C16H15NO7S2. The molecule has 26 heavy (non-hydrogen) atoms. The van der Waals surface area contributed by atoms with Crippen LogP contribution in [0, 0.1) is 6.92 Å². The summed E-state index contributed by atoms with van der Waals surface area (Å²) >= 11 is 5.22. The Hall–Kier alpha value is -2.30. The Morgan fingerprint density at radius 2 is 1.92 bits per heavy atom. The summed E-state index contributed by atoms with van der Waals surface area (Å²) in [5.74, 6) is -2.47. The molecule has 1 amide bonds. The predicted octanol–water partition coefficient (Wildman–Crippen LogP) is 0.996. The molecule has 8 nitrogen and oxygen atoms in total. The fraction of sp³-hybridized carbons (Fsp3) is 0.312. The third kappa shape index (κ3) is 2.89. The van der Waals surface area contributed by atoms with E-state index < -0.39 is 39.8 Å².